The molecule has 1 aromatic heterocycles. The van der Waals surface area contributed by atoms with Crippen LogP contribution in [-0.4, -0.2) is 16.2 Å². The molecular weight excluding hydrogens is 573 g/mol. The van der Waals surface area contributed by atoms with Crippen molar-refractivity contribution in [2.24, 2.45) is 9.98 Å². The summed E-state index contributed by atoms with van der Waals surface area (Å²) in [4.78, 5) is 10.2. The van der Waals surface area contributed by atoms with Gasteiger partial charge in [0, 0.05) is 27.6 Å². The quantitative estimate of drug-likeness (QED) is 0.209. The third kappa shape index (κ3) is 4.79. The summed E-state index contributed by atoms with van der Waals surface area (Å²) in [7, 11) is 0. The predicted molar refractivity (Wildman–Crippen MR) is 196 cm³/mol. The summed E-state index contributed by atoms with van der Waals surface area (Å²) in [5, 5.41) is 8.54. The van der Waals surface area contributed by atoms with E-state index in [1.807, 2.05) is 18.2 Å². The van der Waals surface area contributed by atoms with Crippen LogP contribution in [0.4, 0.5) is 0 Å². The summed E-state index contributed by atoms with van der Waals surface area (Å²) in [5.74, 6) is 1.61. The molecule has 0 saturated carbocycles. The Morgan fingerprint density at radius 2 is 0.957 bits per heavy atom. The molecule has 0 bridgehead atoms. The number of para-hydroxylation sites is 2. The summed E-state index contributed by atoms with van der Waals surface area (Å²) in [5.41, 5.74) is 8.98. The smallest absolute Gasteiger partial charge is 0.169 e. The van der Waals surface area contributed by atoms with Crippen molar-refractivity contribution in [1.29, 1.82) is 0 Å². The minimum atomic E-state index is -0.375. The van der Waals surface area contributed by atoms with E-state index in [0.29, 0.717) is 0 Å². The number of hydrogen-bond donors (Lipinski definition) is 1. The first-order valence-electron chi connectivity index (χ1n) is 16.0. The Morgan fingerprint density at radius 3 is 1.64 bits per heavy atom. The highest BCUT2D eigenvalue weighted by molar-refractivity contribution is 6.16. The van der Waals surface area contributed by atoms with Crippen LogP contribution in [0.1, 0.15) is 22.9 Å². The van der Waals surface area contributed by atoms with Gasteiger partial charge >= 0.3 is 0 Å². The van der Waals surface area contributed by atoms with Crippen molar-refractivity contribution in [3.05, 3.63) is 187 Å². The molecule has 0 aliphatic carbocycles. The minimum absolute atomic E-state index is 0.375. The van der Waals surface area contributed by atoms with Crippen molar-refractivity contribution >= 4 is 44.2 Å². The van der Waals surface area contributed by atoms with Gasteiger partial charge in [0.05, 0.1) is 11.0 Å². The molecule has 4 heteroatoms. The van der Waals surface area contributed by atoms with Gasteiger partial charge in [0.1, 0.15) is 11.7 Å². The zero-order chi connectivity index (χ0) is 31.2. The number of benzene rings is 7. The number of nitrogens with zero attached hydrogens (tertiary/aromatic N) is 3. The molecule has 0 spiro atoms. The normalized spacial score (nSPS) is 14.6. The standard InChI is InChI=1S/C43H30N4/c1-2-12-31(13-3-1)41-44-42(32-23-21-30(22-24-32)36-18-10-14-29-11-4-5-15-35(29)36)46-43(45-41)33-25-27-34(28-26-33)47-39-19-8-6-16-37(39)38-17-7-9-20-40(38)47/h1-28,42H,(H,44,45,46). The molecule has 1 N–H and O–H groups in total. The fraction of sp³-hybridized carbons (Fsp3) is 0.0233. The minimum Gasteiger partial charge on any atom is -0.324 e. The van der Waals surface area contributed by atoms with Crippen LogP contribution in [0.3, 0.4) is 0 Å². The SMILES string of the molecule is c1ccc(C2=NC(c3ccc(-c4cccc5ccccc45)cc3)N=C(c3ccc(-n4c5ccccc5c5ccccc54)cc3)N2)cc1. The lowest BCUT2D eigenvalue weighted by Gasteiger charge is -2.22. The van der Waals surface area contributed by atoms with Gasteiger partial charge in [-0.15, -0.1) is 0 Å². The molecule has 1 unspecified atom stereocenters. The summed E-state index contributed by atoms with van der Waals surface area (Å²) in [6.07, 6.45) is -0.375. The van der Waals surface area contributed by atoms with Crippen LogP contribution in [0, 0.1) is 0 Å². The highest BCUT2D eigenvalue weighted by Crippen LogP contribution is 2.33. The first-order valence-corrected chi connectivity index (χ1v) is 16.0. The summed E-state index contributed by atoms with van der Waals surface area (Å²) < 4.78 is 2.34. The van der Waals surface area contributed by atoms with E-state index in [-0.39, 0.29) is 6.17 Å². The van der Waals surface area contributed by atoms with E-state index in [9.17, 15) is 0 Å². The van der Waals surface area contributed by atoms with Crippen molar-refractivity contribution in [3.63, 3.8) is 0 Å². The molecule has 1 aliphatic heterocycles. The topological polar surface area (TPSA) is 41.7 Å². The summed E-state index contributed by atoms with van der Waals surface area (Å²) in [6, 6.07) is 59.8. The Morgan fingerprint density at radius 1 is 0.426 bits per heavy atom. The van der Waals surface area contributed by atoms with Gasteiger partial charge in [-0.2, -0.15) is 0 Å². The molecule has 8 aromatic rings. The van der Waals surface area contributed by atoms with E-state index < -0.39 is 0 Å². The van der Waals surface area contributed by atoms with Crippen molar-refractivity contribution in [3.8, 4) is 16.8 Å². The first kappa shape index (κ1) is 27.1. The van der Waals surface area contributed by atoms with Gasteiger partial charge in [0.2, 0.25) is 0 Å². The number of rotatable bonds is 5. The summed E-state index contributed by atoms with van der Waals surface area (Å²) in [6.45, 7) is 0. The van der Waals surface area contributed by atoms with Crippen molar-refractivity contribution < 1.29 is 0 Å². The Hall–Kier alpha value is -6.26. The lowest BCUT2D eigenvalue weighted by atomic mass is 9.97. The lowest BCUT2D eigenvalue weighted by Crippen LogP contribution is -2.36. The molecule has 1 aliphatic rings. The average molecular weight is 603 g/mol. The maximum absolute atomic E-state index is 5.15. The third-order valence-electron chi connectivity index (χ3n) is 9.08. The fourth-order valence-electron chi connectivity index (χ4n) is 6.77. The van der Waals surface area contributed by atoms with Crippen molar-refractivity contribution in [1.82, 2.24) is 9.88 Å². The van der Waals surface area contributed by atoms with Crippen LogP contribution in [0.5, 0.6) is 0 Å². The molecule has 7 aromatic carbocycles. The van der Waals surface area contributed by atoms with Gasteiger partial charge in [-0.25, -0.2) is 9.98 Å². The van der Waals surface area contributed by atoms with Crippen LogP contribution in [0.15, 0.2) is 180 Å². The molecule has 2 heterocycles. The zero-order valence-corrected chi connectivity index (χ0v) is 25.6. The molecule has 9 rings (SSSR count). The zero-order valence-electron chi connectivity index (χ0n) is 25.6. The highest BCUT2D eigenvalue weighted by Gasteiger charge is 2.21. The second-order valence-electron chi connectivity index (χ2n) is 11.9. The fourth-order valence-corrected chi connectivity index (χ4v) is 6.77. The van der Waals surface area contributed by atoms with Gasteiger partial charge in [-0.3, -0.25) is 0 Å². The van der Waals surface area contributed by atoms with Gasteiger partial charge in [0.25, 0.3) is 0 Å². The number of hydrogen-bond acceptors (Lipinski definition) is 3. The Labute approximate surface area is 273 Å². The molecule has 0 saturated heterocycles. The monoisotopic (exact) mass is 602 g/mol. The number of fused-ring (bicyclic) bond motifs is 4. The van der Waals surface area contributed by atoms with E-state index in [2.05, 4.69) is 162 Å². The molecule has 0 fully saturated rings. The molecule has 222 valence electrons. The van der Waals surface area contributed by atoms with Crippen LogP contribution in [0.2, 0.25) is 0 Å². The van der Waals surface area contributed by atoms with E-state index in [4.69, 9.17) is 9.98 Å². The number of amidine groups is 2. The van der Waals surface area contributed by atoms with Gasteiger partial charge in [-0.05, 0) is 63.9 Å². The van der Waals surface area contributed by atoms with E-state index in [1.165, 1.54) is 43.7 Å². The van der Waals surface area contributed by atoms with Crippen LogP contribution >= 0.6 is 0 Å². The molecule has 4 nitrogen and oxygen atoms in total. The Kier molecular flexibility index (Phi) is 6.50. The molecule has 0 radical (unpaired) electrons. The third-order valence-corrected chi connectivity index (χ3v) is 9.08. The molecule has 47 heavy (non-hydrogen) atoms. The second-order valence-corrected chi connectivity index (χ2v) is 11.9. The van der Waals surface area contributed by atoms with Gasteiger partial charge in [-0.1, -0.05) is 133 Å². The van der Waals surface area contributed by atoms with Crippen LogP contribution in [0.25, 0.3) is 49.4 Å². The molecule has 0 amide bonds. The first-order chi connectivity index (χ1) is 23.3. The number of nitrogens with one attached hydrogen (secondary N) is 1. The Bertz CT molecular complexity index is 2410. The van der Waals surface area contributed by atoms with Crippen molar-refractivity contribution in [2.45, 2.75) is 6.17 Å². The van der Waals surface area contributed by atoms with E-state index in [0.717, 1.165) is 34.0 Å². The number of aliphatic imine (C=N–C) groups is 2. The van der Waals surface area contributed by atoms with E-state index >= 15 is 0 Å². The van der Waals surface area contributed by atoms with Gasteiger partial charge < -0.3 is 9.88 Å². The second kappa shape index (κ2) is 11.3. The van der Waals surface area contributed by atoms with Gasteiger partial charge in [0.15, 0.2) is 6.17 Å². The average Bonchev–Trinajstić information content (AvgIpc) is 3.49. The predicted octanol–water partition coefficient (Wildman–Crippen LogP) is 10.1. The molecular formula is C43H30N4. The Balaban J connectivity index is 1.09. The maximum atomic E-state index is 5.15. The van der Waals surface area contributed by atoms with E-state index in [1.54, 1.807) is 0 Å². The number of aromatic nitrogens is 1. The molecule has 1 atom stereocenters. The van der Waals surface area contributed by atoms with Crippen LogP contribution in [-0.2, 0) is 0 Å². The lowest BCUT2D eigenvalue weighted by molar-refractivity contribution is 0.756. The maximum Gasteiger partial charge on any atom is 0.169 e. The highest BCUT2D eigenvalue weighted by atomic mass is 15.2. The largest absolute Gasteiger partial charge is 0.324 e. The van der Waals surface area contributed by atoms with Crippen LogP contribution < -0.4 is 5.32 Å². The van der Waals surface area contributed by atoms with Crippen molar-refractivity contribution in [2.75, 3.05) is 0 Å². The summed E-state index contributed by atoms with van der Waals surface area (Å²) >= 11 is 0.